The van der Waals surface area contributed by atoms with Crippen LogP contribution in [0.4, 0.5) is 0 Å². The average molecular weight is 221 g/mol. The van der Waals surface area contributed by atoms with Gasteiger partial charge < -0.3 is 10.5 Å². The number of hydrogen-bond donors (Lipinski definition) is 1. The molecule has 0 aliphatic carbocycles. The van der Waals surface area contributed by atoms with Gasteiger partial charge in [0.1, 0.15) is 0 Å². The van der Waals surface area contributed by atoms with Crippen LogP contribution in [-0.2, 0) is 11.2 Å². The van der Waals surface area contributed by atoms with Crippen molar-refractivity contribution in [3.8, 4) is 0 Å². The monoisotopic (exact) mass is 221 g/mol. The molecule has 2 unspecified atom stereocenters. The van der Waals surface area contributed by atoms with Crippen LogP contribution in [0.15, 0.2) is 24.3 Å². The van der Waals surface area contributed by atoms with Crippen LogP contribution in [0.3, 0.4) is 0 Å². The lowest BCUT2D eigenvalue weighted by Crippen LogP contribution is -2.12. The highest BCUT2D eigenvalue weighted by Crippen LogP contribution is 2.23. The van der Waals surface area contributed by atoms with Gasteiger partial charge in [-0.3, -0.25) is 0 Å². The van der Waals surface area contributed by atoms with Crippen LogP contribution in [0.1, 0.15) is 37.3 Å². The summed E-state index contributed by atoms with van der Waals surface area (Å²) in [5.41, 5.74) is 8.42. The molecule has 0 saturated carbocycles. The lowest BCUT2D eigenvalue weighted by atomic mass is 9.91. The molecule has 1 aromatic carbocycles. The summed E-state index contributed by atoms with van der Waals surface area (Å²) >= 11 is 0. The van der Waals surface area contributed by atoms with Gasteiger partial charge >= 0.3 is 0 Å². The van der Waals surface area contributed by atoms with Crippen molar-refractivity contribution >= 4 is 0 Å². The number of rotatable bonds is 6. The van der Waals surface area contributed by atoms with E-state index in [1.807, 2.05) is 0 Å². The van der Waals surface area contributed by atoms with Crippen LogP contribution in [0, 0.1) is 0 Å². The molecule has 16 heavy (non-hydrogen) atoms. The summed E-state index contributed by atoms with van der Waals surface area (Å²) in [6, 6.07) is 8.59. The van der Waals surface area contributed by atoms with Gasteiger partial charge in [0.2, 0.25) is 0 Å². The highest BCUT2D eigenvalue weighted by molar-refractivity contribution is 5.30. The average Bonchev–Trinajstić information content (AvgIpc) is 2.30. The van der Waals surface area contributed by atoms with Crippen LogP contribution in [0.2, 0.25) is 0 Å². The van der Waals surface area contributed by atoms with E-state index in [0.717, 1.165) is 19.4 Å². The highest BCUT2D eigenvalue weighted by Gasteiger charge is 2.11. The normalized spacial score (nSPS) is 14.8. The van der Waals surface area contributed by atoms with Gasteiger partial charge in [-0.15, -0.1) is 0 Å². The number of hydrogen-bond acceptors (Lipinski definition) is 2. The Kier molecular flexibility index (Phi) is 5.50. The highest BCUT2D eigenvalue weighted by atomic mass is 16.5. The maximum absolute atomic E-state index is 5.62. The first-order valence-corrected chi connectivity index (χ1v) is 5.99. The summed E-state index contributed by atoms with van der Waals surface area (Å²) in [5, 5.41) is 0. The predicted octanol–water partition coefficient (Wildman–Crippen LogP) is 2.72. The summed E-state index contributed by atoms with van der Waals surface area (Å²) < 4.78 is 5.32. The molecule has 0 bridgehead atoms. The van der Waals surface area contributed by atoms with E-state index in [9.17, 15) is 0 Å². The first-order chi connectivity index (χ1) is 7.69. The lowest BCUT2D eigenvalue weighted by molar-refractivity contribution is 0.118. The Morgan fingerprint density at radius 1 is 1.25 bits per heavy atom. The number of ether oxygens (including phenoxy) is 1. The Morgan fingerprint density at radius 2 is 1.94 bits per heavy atom. The van der Waals surface area contributed by atoms with E-state index in [1.165, 1.54) is 11.1 Å². The third-order valence-corrected chi connectivity index (χ3v) is 3.10. The molecule has 2 nitrogen and oxygen atoms in total. The molecule has 0 fully saturated rings. The van der Waals surface area contributed by atoms with Crippen molar-refractivity contribution in [1.82, 2.24) is 0 Å². The first kappa shape index (κ1) is 13.2. The van der Waals surface area contributed by atoms with E-state index >= 15 is 0 Å². The summed E-state index contributed by atoms with van der Waals surface area (Å²) in [5.74, 6) is 0.533. The molecule has 1 aromatic rings. The minimum absolute atomic E-state index is 0.270. The fourth-order valence-electron chi connectivity index (χ4n) is 2.00. The van der Waals surface area contributed by atoms with Crippen molar-refractivity contribution in [2.45, 2.75) is 38.7 Å². The molecule has 0 amide bonds. The van der Waals surface area contributed by atoms with Gasteiger partial charge in [-0.2, -0.15) is 0 Å². The third kappa shape index (κ3) is 3.62. The molecular weight excluding hydrogens is 198 g/mol. The van der Waals surface area contributed by atoms with E-state index < -0.39 is 0 Å². The molecule has 0 heterocycles. The lowest BCUT2D eigenvalue weighted by Gasteiger charge is -2.18. The Labute approximate surface area is 98.8 Å². The van der Waals surface area contributed by atoms with E-state index in [2.05, 4.69) is 38.1 Å². The van der Waals surface area contributed by atoms with Crippen molar-refractivity contribution in [1.29, 1.82) is 0 Å². The van der Waals surface area contributed by atoms with Gasteiger partial charge in [-0.05, 0) is 43.4 Å². The minimum atomic E-state index is 0.270. The first-order valence-electron chi connectivity index (χ1n) is 5.99. The van der Waals surface area contributed by atoms with Crippen LogP contribution in [-0.4, -0.2) is 19.8 Å². The fourth-order valence-corrected chi connectivity index (χ4v) is 2.00. The zero-order valence-electron chi connectivity index (χ0n) is 10.6. The zero-order chi connectivity index (χ0) is 12.0. The van der Waals surface area contributed by atoms with E-state index in [-0.39, 0.29) is 6.10 Å². The molecule has 0 aromatic heterocycles. The molecular formula is C14H23NO. The maximum Gasteiger partial charge on any atom is 0.0583 e. The van der Waals surface area contributed by atoms with Crippen molar-refractivity contribution in [2.24, 2.45) is 5.73 Å². The van der Waals surface area contributed by atoms with Gasteiger partial charge in [0.25, 0.3) is 0 Å². The van der Waals surface area contributed by atoms with Gasteiger partial charge in [-0.1, -0.05) is 31.2 Å². The van der Waals surface area contributed by atoms with Gasteiger partial charge in [-0.25, -0.2) is 0 Å². The molecule has 2 heteroatoms. The van der Waals surface area contributed by atoms with Crippen LogP contribution >= 0.6 is 0 Å². The second kappa shape index (κ2) is 6.66. The third-order valence-electron chi connectivity index (χ3n) is 3.10. The Morgan fingerprint density at radius 3 is 2.56 bits per heavy atom. The molecule has 2 atom stereocenters. The van der Waals surface area contributed by atoms with E-state index in [1.54, 1.807) is 7.11 Å². The number of methoxy groups -OCH3 is 1. The molecule has 2 N–H and O–H groups in total. The van der Waals surface area contributed by atoms with E-state index in [4.69, 9.17) is 10.5 Å². The summed E-state index contributed by atoms with van der Waals surface area (Å²) in [4.78, 5) is 0. The molecule has 90 valence electrons. The van der Waals surface area contributed by atoms with E-state index in [0.29, 0.717) is 5.92 Å². The quantitative estimate of drug-likeness (QED) is 0.801. The Hall–Kier alpha value is -0.860. The second-order valence-electron chi connectivity index (χ2n) is 4.43. The van der Waals surface area contributed by atoms with Crippen molar-refractivity contribution in [3.63, 3.8) is 0 Å². The molecule has 0 aliphatic rings. The smallest absolute Gasteiger partial charge is 0.0583 e. The topological polar surface area (TPSA) is 35.2 Å². The standard InChI is InChI=1S/C14H23NO/c1-11(8-9-15)14-7-5-4-6-13(14)10-12(2)16-3/h4-7,11-12H,8-10,15H2,1-3H3. The summed E-state index contributed by atoms with van der Waals surface area (Å²) in [6.07, 6.45) is 2.28. The van der Waals surface area contributed by atoms with Crippen molar-refractivity contribution in [2.75, 3.05) is 13.7 Å². The Bertz CT molecular complexity index is 311. The number of benzene rings is 1. The van der Waals surface area contributed by atoms with Crippen LogP contribution < -0.4 is 5.73 Å². The summed E-state index contributed by atoms with van der Waals surface area (Å²) in [6.45, 7) is 5.09. The van der Waals surface area contributed by atoms with Crippen LogP contribution in [0.25, 0.3) is 0 Å². The molecule has 0 saturated heterocycles. The maximum atomic E-state index is 5.62. The SMILES string of the molecule is COC(C)Cc1ccccc1C(C)CCN. The summed E-state index contributed by atoms with van der Waals surface area (Å²) in [7, 11) is 1.76. The zero-order valence-corrected chi connectivity index (χ0v) is 10.6. The van der Waals surface area contributed by atoms with Gasteiger partial charge in [0.05, 0.1) is 6.10 Å². The predicted molar refractivity (Wildman–Crippen MR) is 68.7 cm³/mol. The molecule has 0 aliphatic heterocycles. The molecule has 1 rings (SSSR count). The number of nitrogens with two attached hydrogens (primary N) is 1. The van der Waals surface area contributed by atoms with Crippen molar-refractivity contribution in [3.05, 3.63) is 35.4 Å². The fraction of sp³-hybridized carbons (Fsp3) is 0.571. The van der Waals surface area contributed by atoms with Gasteiger partial charge in [0.15, 0.2) is 0 Å². The van der Waals surface area contributed by atoms with Crippen LogP contribution in [0.5, 0.6) is 0 Å². The minimum Gasteiger partial charge on any atom is -0.381 e. The molecule has 0 spiro atoms. The van der Waals surface area contributed by atoms with Gasteiger partial charge in [0, 0.05) is 7.11 Å². The second-order valence-corrected chi connectivity index (χ2v) is 4.43. The largest absolute Gasteiger partial charge is 0.381 e. The Balaban J connectivity index is 2.82. The van der Waals surface area contributed by atoms with Crippen molar-refractivity contribution < 1.29 is 4.74 Å². The molecule has 0 radical (unpaired) electrons.